The Labute approximate surface area is 74.8 Å². The van der Waals surface area contributed by atoms with Gasteiger partial charge in [-0.2, -0.15) is 0 Å². The minimum absolute atomic E-state index is 0.380. The molecule has 0 saturated heterocycles. The minimum atomic E-state index is -0.380. The maximum absolute atomic E-state index is 11.2. The smallest absolute Gasteiger partial charge is 0.356 e. The van der Waals surface area contributed by atoms with Crippen molar-refractivity contribution < 1.29 is 9.53 Å². The van der Waals surface area contributed by atoms with E-state index in [1.54, 1.807) is 16.8 Å². The number of carbonyl (C=O) groups is 1. The molecule has 0 aliphatic carbocycles. The van der Waals surface area contributed by atoms with Gasteiger partial charge in [0.05, 0.1) is 25.0 Å². The molecule has 0 atom stereocenters. The molecule has 0 amide bonds. The van der Waals surface area contributed by atoms with Gasteiger partial charge >= 0.3 is 5.97 Å². The molecule has 13 heavy (non-hydrogen) atoms. The molecule has 0 N–H and O–H groups in total. The summed E-state index contributed by atoms with van der Waals surface area (Å²) >= 11 is 0. The largest absolute Gasteiger partial charge is 0.464 e. The van der Waals surface area contributed by atoms with Gasteiger partial charge in [0, 0.05) is 6.20 Å². The van der Waals surface area contributed by atoms with Crippen LogP contribution in [-0.2, 0) is 4.74 Å². The molecule has 0 saturated carbocycles. The van der Waals surface area contributed by atoms with Gasteiger partial charge < -0.3 is 9.14 Å². The average Bonchev–Trinajstić information content (AvgIpc) is 2.63. The summed E-state index contributed by atoms with van der Waals surface area (Å²) in [5, 5.41) is 0. The van der Waals surface area contributed by atoms with Gasteiger partial charge in [0.15, 0.2) is 5.69 Å². The van der Waals surface area contributed by atoms with Crippen molar-refractivity contribution in [2.24, 2.45) is 0 Å². The van der Waals surface area contributed by atoms with Crippen molar-refractivity contribution in [3.05, 3.63) is 36.4 Å². The molecule has 0 radical (unpaired) electrons. The fraction of sp³-hybridized carbons (Fsp3) is 0.111. The first kappa shape index (κ1) is 7.79. The lowest BCUT2D eigenvalue weighted by molar-refractivity contribution is 0.0592. The zero-order valence-corrected chi connectivity index (χ0v) is 7.10. The summed E-state index contributed by atoms with van der Waals surface area (Å²) in [5.74, 6) is -0.380. The van der Waals surface area contributed by atoms with Crippen LogP contribution in [-0.4, -0.2) is 22.5 Å². The molecule has 0 unspecified atom stereocenters. The molecular weight excluding hydrogens is 168 g/mol. The molecule has 2 heterocycles. The van der Waals surface area contributed by atoms with Crippen molar-refractivity contribution in [1.82, 2.24) is 9.38 Å². The molecule has 0 spiro atoms. The summed E-state index contributed by atoms with van der Waals surface area (Å²) < 4.78 is 6.35. The summed E-state index contributed by atoms with van der Waals surface area (Å²) in [7, 11) is 1.35. The molecule has 0 aliphatic rings. The Morgan fingerprint density at radius 2 is 2.38 bits per heavy atom. The first-order valence-electron chi connectivity index (χ1n) is 3.82. The predicted molar refractivity (Wildman–Crippen MR) is 46.5 cm³/mol. The number of carbonyl (C=O) groups excluding carboxylic acids is 1. The van der Waals surface area contributed by atoms with Gasteiger partial charge in [0.1, 0.15) is 0 Å². The van der Waals surface area contributed by atoms with E-state index < -0.39 is 0 Å². The van der Waals surface area contributed by atoms with Crippen LogP contribution in [0.1, 0.15) is 10.5 Å². The van der Waals surface area contributed by atoms with Crippen LogP contribution in [0.15, 0.2) is 30.7 Å². The van der Waals surface area contributed by atoms with Crippen LogP contribution >= 0.6 is 0 Å². The van der Waals surface area contributed by atoms with Crippen molar-refractivity contribution in [1.29, 1.82) is 0 Å². The van der Waals surface area contributed by atoms with E-state index in [1.165, 1.54) is 13.3 Å². The van der Waals surface area contributed by atoms with Crippen LogP contribution in [0.4, 0.5) is 0 Å². The van der Waals surface area contributed by atoms with Crippen LogP contribution in [0.5, 0.6) is 0 Å². The monoisotopic (exact) mass is 176 g/mol. The zero-order valence-electron chi connectivity index (χ0n) is 7.10. The van der Waals surface area contributed by atoms with E-state index in [0.29, 0.717) is 5.69 Å². The summed E-state index contributed by atoms with van der Waals surface area (Å²) in [6.45, 7) is 0. The first-order chi connectivity index (χ1) is 6.33. The number of hydrogen-bond acceptors (Lipinski definition) is 3. The van der Waals surface area contributed by atoms with Crippen molar-refractivity contribution >= 4 is 11.5 Å². The topological polar surface area (TPSA) is 43.6 Å². The lowest BCUT2D eigenvalue weighted by Crippen LogP contribution is -2.07. The van der Waals surface area contributed by atoms with E-state index in [0.717, 1.165) is 5.52 Å². The Kier molecular flexibility index (Phi) is 1.73. The number of ether oxygens (including phenoxy) is 1. The first-order valence-corrected chi connectivity index (χ1v) is 3.82. The van der Waals surface area contributed by atoms with Gasteiger partial charge in [0.2, 0.25) is 0 Å². The van der Waals surface area contributed by atoms with Gasteiger partial charge in [-0.15, -0.1) is 0 Å². The van der Waals surface area contributed by atoms with E-state index in [-0.39, 0.29) is 5.97 Å². The Hall–Kier alpha value is -1.84. The van der Waals surface area contributed by atoms with E-state index >= 15 is 0 Å². The van der Waals surface area contributed by atoms with Gasteiger partial charge in [-0.25, -0.2) is 4.79 Å². The lowest BCUT2D eigenvalue weighted by atomic mass is 10.4. The number of esters is 1. The normalized spacial score (nSPS) is 10.2. The SMILES string of the molecule is COC(=O)c1cncc2cccn12. The highest BCUT2D eigenvalue weighted by Gasteiger charge is 2.09. The van der Waals surface area contributed by atoms with Gasteiger partial charge in [0.25, 0.3) is 0 Å². The molecule has 66 valence electrons. The van der Waals surface area contributed by atoms with Gasteiger partial charge in [-0.05, 0) is 12.1 Å². The van der Waals surface area contributed by atoms with Crippen molar-refractivity contribution in [2.45, 2.75) is 0 Å². The van der Waals surface area contributed by atoms with Crippen LogP contribution in [0, 0.1) is 0 Å². The number of fused-ring (bicyclic) bond motifs is 1. The van der Waals surface area contributed by atoms with Gasteiger partial charge in [-0.3, -0.25) is 4.98 Å². The Bertz CT molecular complexity index is 448. The van der Waals surface area contributed by atoms with E-state index in [9.17, 15) is 4.79 Å². The molecule has 4 nitrogen and oxygen atoms in total. The number of nitrogens with zero attached hydrogens (tertiary/aromatic N) is 2. The summed E-state index contributed by atoms with van der Waals surface area (Å²) in [6, 6.07) is 3.73. The highest BCUT2D eigenvalue weighted by atomic mass is 16.5. The number of aromatic nitrogens is 2. The van der Waals surface area contributed by atoms with Crippen LogP contribution in [0.2, 0.25) is 0 Å². The highest BCUT2D eigenvalue weighted by molar-refractivity contribution is 5.88. The second-order valence-electron chi connectivity index (χ2n) is 2.59. The zero-order chi connectivity index (χ0) is 9.26. The van der Waals surface area contributed by atoms with Crippen molar-refractivity contribution in [3.63, 3.8) is 0 Å². The standard InChI is InChI=1S/C9H8N2O2/c1-13-9(12)8-6-10-5-7-3-2-4-11(7)8/h2-6H,1H3. The molecule has 4 heteroatoms. The van der Waals surface area contributed by atoms with Crippen molar-refractivity contribution in [2.75, 3.05) is 7.11 Å². The number of methoxy groups -OCH3 is 1. The molecule has 2 rings (SSSR count). The molecule has 0 fully saturated rings. The third-order valence-electron chi connectivity index (χ3n) is 1.84. The Morgan fingerprint density at radius 3 is 3.15 bits per heavy atom. The average molecular weight is 176 g/mol. The quantitative estimate of drug-likeness (QED) is 0.611. The molecule has 2 aromatic heterocycles. The molecule has 2 aromatic rings. The van der Waals surface area contributed by atoms with E-state index in [4.69, 9.17) is 0 Å². The fourth-order valence-corrected chi connectivity index (χ4v) is 1.22. The summed E-state index contributed by atoms with van der Waals surface area (Å²) in [5.41, 5.74) is 1.31. The molecular formula is C9H8N2O2. The highest BCUT2D eigenvalue weighted by Crippen LogP contribution is 2.07. The minimum Gasteiger partial charge on any atom is -0.464 e. The van der Waals surface area contributed by atoms with Crippen molar-refractivity contribution in [3.8, 4) is 0 Å². The molecule has 0 aromatic carbocycles. The third kappa shape index (κ3) is 1.16. The maximum Gasteiger partial charge on any atom is 0.356 e. The van der Waals surface area contributed by atoms with Crippen LogP contribution in [0.3, 0.4) is 0 Å². The Morgan fingerprint density at radius 1 is 1.54 bits per heavy atom. The fourth-order valence-electron chi connectivity index (χ4n) is 1.22. The predicted octanol–water partition coefficient (Wildman–Crippen LogP) is 1.12. The summed E-state index contributed by atoms with van der Waals surface area (Å²) in [4.78, 5) is 15.2. The second kappa shape index (κ2) is 2.90. The van der Waals surface area contributed by atoms with E-state index in [2.05, 4.69) is 9.72 Å². The lowest BCUT2D eigenvalue weighted by Gasteiger charge is -2.01. The third-order valence-corrected chi connectivity index (χ3v) is 1.84. The number of hydrogen-bond donors (Lipinski definition) is 0. The summed E-state index contributed by atoms with van der Waals surface area (Å²) in [6.07, 6.45) is 4.97. The maximum atomic E-state index is 11.2. The Balaban J connectivity index is 2.67. The number of rotatable bonds is 1. The molecule has 0 aliphatic heterocycles. The second-order valence-corrected chi connectivity index (χ2v) is 2.59. The van der Waals surface area contributed by atoms with E-state index in [1.807, 2.05) is 12.1 Å². The van der Waals surface area contributed by atoms with Gasteiger partial charge in [-0.1, -0.05) is 0 Å². The van der Waals surface area contributed by atoms with Crippen LogP contribution in [0.25, 0.3) is 5.52 Å². The van der Waals surface area contributed by atoms with Crippen LogP contribution < -0.4 is 0 Å². The molecule has 0 bridgehead atoms.